The molecule has 1 aliphatic rings. The summed E-state index contributed by atoms with van der Waals surface area (Å²) in [6, 6.07) is 1.74. The topological polar surface area (TPSA) is 66.8 Å². The highest BCUT2D eigenvalue weighted by atomic mass is 32.1. The molecule has 18 heavy (non-hydrogen) atoms. The van der Waals surface area contributed by atoms with Crippen LogP contribution in [0.25, 0.3) is 0 Å². The number of thiophene rings is 1. The fourth-order valence-corrected chi connectivity index (χ4v) is 2.89. The molecule has 6 heteroatoms. The van der Waals surface area contributed by atoms with Gasteiger partial charge in [0.25, 0.3) is 5.91 Å². The van der Waals surface area contributed by atoms with E-state index in [1.807, 2.05) is 0 Å². The number of amides is 1. The van der Waals surface area contributed by atoms with E-state index in [4.69, 9.17) is 9.84 Å². The van der Waals surface area contributed by atoms with Gasteiger partial charge in [-0.3, -0.25) is 9.59 Å². The maximum Gasteiger partial charge on any atom is 0.311 e. The van der Waals surface area contributed by atoms with Crippen LogP contribution < -0.4 is 4.74 Å². The summed E-state index contributed by atoms with van der Waals surface area (Å²) in [7, 11) is 1.52. The Bertz CT molecular complexity index is 484. The number of carbonyl (C=O) groups is 2. The fraction of sp³-hybridized carbons (Fsp3) is 0.500. The Morgan fingerprint density at radius 3 is 2.83 bits per heavy atom. The number of likely N-dealkylation sites (tertiary alicyclic amines) is 1. The van der Waals surface area contributed by atoms with Crippen LogP contribution >= 0.6 is 11.3 Å². The first-order chi connectivity index (χ1) is 8.48. The van der Waals surface area contributed by atoms with E-state index in [-0.39, 0.29) is 12.5 Å². The van der Waals surface area contributed by atoms with Crippen molar-refractivity contribution in [1.82, 2.24) is 4.90 Å². The summed E-state index contributed by atoms with van der Waals surface area (Å²) in [4.78, 5) is 25.5. The molecule has 1 aromatic heterocycles. The molecule has 1 aromatic rings. The Kier molecular flexibility index (Phi) is 3.30. The Hall–Kier alpha value is -1.56. The molecule has 98 valence electrons. The number of aliphatic carboxylic acids is 1. The molecule has 5 nitrogen and oxygen atoms in total. The van der Waals surface area contributed by atoms with Crippen LogP contribution in [0.1, 0.15) is 23.0 Å². The van der Waals surface area contributed by atoms with Crippen LogP contribution in [0.5, 0.6) is 5.75 Å². The Morgan fingerprint density at radius 1 is 1.56 bits per heavy atom. The van der Waals surface area contributed by atoms with Crippen molar-refractivity contribution in [2.45, 2.75) is 13.3 Å². The lowest BCUT2D eigenvalue weighted by atomic mass is 9.90. The van der Waals surface area contributed by atoms with Gasteiger partial charge in [-0.1, -0.05) is 0 Å². The molecule has 1 saturated heterocycles. The standard InChI is InChI=1S/C12H15NO4S/c1-12(11(15)16)4-5-13(7-12)10(14)9-8(17-2)3-6-18-9/h3,6H,4-5,7H2,1-2H3,(H,15,16)/t12-/m0/s1. The van der Waals surface area contributed by atoms with Gasteiger partial charge in [-0.05, 0) is 24.8 Å². The van der Waals surface area contributed by atoms with Crippen molar-refractivity contribution >= 4 is 23.2 Å². The quantitative estimate of drug-likeness (QED) is 0.906. The van der Waals surface area contributed by atoms with Crippen molar-refractivity contribution in [3.8, 4) is 5.75 Å². The van der Waals surface area contributed by atoms with Gasteiger partial charge in [0.05, 0.1) is 12.5 Å². The van der Waals surface area contributed by atoms with Crippen LogP contribution in [-0.4, -0.2) is 42.1 Å². The van der Waals surface area contributed by atoms with E-state index in [1.165, 1.54) is 18.4 Å². The van der Waals surface area contributed by atoms with Gasteiger partial charge in [-0.2, -0.15) is 0 Å². The zero-order valence-electron chi connectivity index (χ0n) is 10.3. The van der Waals surface area contributed by atoms with Crippen molar-refractivity contribution in [2.75, 3.05) is 20.2 Å². The lowest BCUT2D eigenvalue weighted by Crippen LogP contribution is -2.34. The van der Waals surface area contributed by atoms with E-state index < -0.39 is 11.4 Å². The molecule has 0 aromatic carbocycles. The lowest BCUT2D eigenvalue weighted by molar-refractivity contribution is -0.147. The molecule has 0 radical (unpaired) electrons. The minimum atomic E-state index is -0.851. The molecule has 2 heterocycles. The third-order valence-corrected chi connectivity index (χ3v) is 4.20. The third-order valence-electron chi connectivity index (χ3n) is 3.32. The summed E-state index contributed by atoms with van der Waals surface area (Å²) < 4.78 is 5.11. The first-order valence-corrected chi connectivity index (χ1v) is 6.50. The van der Waals surface area contributed by atoms with Crippen LogP contribution in [0, 0.1) is 5.41 Å². The second-order valence-electron chi connectivity index (χ2n) is 4.66. The van der Waals surface area contributed by atoms with Gasteiger partial charge in [-0.25, -0.2) is 0 Å². The number of carbonyl (C=O) groups excluding carboxylic acids is 1. The van der Waals surface area contributed by atoms with Crippen molar-refractivity contribution in [3.05, 3.63) is 16.3 Å². The number of carboxylic acids is 1. The molecule has 0 bridgehead atoms. The number of nitrogens with zero attached hydrogens (tertiary/aromatic N) is 1. The highest BCUT2D eigenvalue weighted by molar-refractivity contribution is 7.12. The highest BCUT2D eigenvalue weighted by Crippen LogP contribution is 2.33. The van der Waals surface area contributed by atoms with Gasteiger partial charge in [0, 0.05) is 13.1 Å². The Labute approximate surface area is 109 Å². The van der Waals surface area contributed by atoms with Gasteiger partial charge in [-0.15, -0.1) is 11.3 Å². The van der Waals surface area contributed by atoms with Gasteiger partial charge < -0.3 is 14.7 Å². The Morgan fingerprint density at radius 2 is 2.28 bits per heavy atom. The molecular formula is C12H15NO4S. The third kappa shape index (κ3) is 2.08. The number of carboxylic acid groups (broad SMARTS) is 1. The van der Waals surface area contributed by atoms with Gasteiger partial charge >= 0.3 is 5.97 Å². The molecule has 2 rings (SSSR count). The lowest BCUT2D eigenvalue weighted by Gasteiger charge is -2.20. The minimum absolute atomic E-state index is 0.146. The van der Waals surface area contributed by atoms with Crippen molar-refractivity contribution in [1.29, 1.82) is 0 Å². The summed E-state index contributed by atoms with van der Waals surface area (Å²) in [6.07, 6.45) is 0.488. The molecular weight excluding hydrogens is 254 g/mol. The minimum Gasteiger partial charge on any atom is -0.495 e. The van der Waals surface area contributed by atoms with E-state index in [0.29, 0.717) is 23.6 Å². The Balaban J connectivity index is 2.15. The normalized spacial score (nSPS) is 23.1. The fourth-order valence-electron chi connectivity index (χ4n) is 2.07. The maximum absolute atomic E-state index is 12.3. The number of methoxy groups -OCH3 is 1. The first kappa shape index (κ1) is 12.9. The summed E-state index contributed by atoms with van der Waals surface area (Å²) >= 11 is 1.31. The molecule has 1 fully saturated rings. The molecule has 0 saturated carbocycles. The van der Waals surface area contributed by atoms with Gasteiger partial charge in [0.15, 0.2) is 0 Å². The summed E-state index contributed by atoms with van der Waals surface area (Å²) in [6.45, 7) is 2.40. The predicted octanol–water partition coefficient (Wildman–Crippen LogP) is 1.69. The molecule has 0 unspecified atom stereocenters. The SMILES string of the molecule is COc1ccsc1C(=O)N1CC[C@](C)(C(=O)O)C1. The van der Waals surface area contributed by atoms with E-state index >= 15 is 0 Å². The van der Waals surface area contributed by atoms with Crippen LogP contribution in [0.2, 0.25) is 0 Å². The van der Waals surface area contributed by atoms with E-state index in [9.17, 15) is 9.59 Å². The summed E-state index contributed by atoms with van der Waals surface area (Å²) in [5.74, 6) is -0.448. The monoisotopic (exact) mass is 269 g/mol. The average molecular weight is 269 g/mol. The maximum atomic E-state index is 12.3. The molecule has 1 N–H and O–H groups in total. The van der Waals surface area contributed by atoms with Crippen LogP contribution in [0.4, 0.5) is 0 Å². The van der Waals surface area contributed by atoms with Crippen LogP contribution in [0.3, 0.4) is 0 Å². The largest absolute Gasteiger partial charge is 0.495 e. The van der Waals surface area contributed by atoms with E-state index in [0.717, 1.165) is 0 Å². The predicted molar refractivity (Wildman–Crippen MR) is 67.1 cm³/mol. The molecule has 0 spiro atoms. The molecule has 1 atom stereocenters. The molecule has 1 amide bonds. The zero-order chi connectivity index (χ0) is 13.3. The second-order valence-corrected chi connectivity index (χ2v) is 5.58. The second kappa shape index (κ2) is 4.61. The average Bonchev–Trinajstić information content (AvgIpc) is 2.94. The number of hydrogen-bond donors (Lipinski definition) is 1. The zero-order valence-corrected chi connectivity index (χ0v) is 11.1. The van der Waals surface area contributed by atoms with Crippen molar-refractivity contribution in [2.24, 2.45) is 5.41 Å². The number of hydrogen-bond acceptors (Lipinski definition) is 4. The number of rotatable bonds is 3. The van der Waals surface area contributed by atoms with Crippen molar-refractivity contribution in [3.63, 3.8) is 0 Å². The summed E-state index contributed by atoms with van der Waals surface area (Å²) in [5.41, 5.74) is -0.833. The van der Waals surface area contributed by atoms with E-state index in [2.05, 4.69) is 0 Å². The smallest absolute Gasteiger partial charge is 0.311 e. The van der Waals surface area contributed by atoms with Gasteiger partial charge in [0.2, 0.25) is 0 Å². The molecule has 1 aliphatic heterocycles. The van der Waals surface area contributed by atoms with Gasteiger partial charge in [0.1, 0.15) is 10.6 Å². The molecule has 0 aliphatic carbocycles. The van der Waals surface area contributed by atoms with E-state index in [1.54, 1.807) is 23.3 Å². The first-order valence-electron chi connectivity index (χ1n) is 5.62. The van der Waals surface area contributed by atoms with Crippen LogP contribution in [-0.2, 0) is 4.79 Å². The number of ether oxygens (including phenoxy) is 1. The highest BCUT2D eigenvalue weighted by Gasteiger charge is 2.42. The summed E-state index contributed by atoms with van der Waals surface area (Å²) in [5, 5.41) is 10.9. The van der Waals surface area contributed by atoms with Crippen LogP contribution in [0.15, 0.2) is 11.4 Å². The van der Waals surface area contributed by atoms with Crippen molar-refractivity contribution < 1.29 is 19.4 Å².